The molecule has 1 amide bonds. The monoisotopic (exact) mass is 532 g/mol. The molecule has 1 aliphatic carbocycles. The van der Waals surface area contributed by atoms with Crippen molar-refractivity contribution in [1.82, 2.24) is 9.88 Å². The number of aromatic nitrogens is 1. The lowest BCUT2D eigenvalue weighted by Gasteiger charge is -2.16. The highest BCUT2D eigenvalue weighted by atomic mass is 35.5. The predicted octanol–water partition coefficient (Wildman–Crippen LogP) is 7.81. The predicted molar refractivity (Wildman–Crippen MR) is 155 cm³/mol. The minimum absolute atomic E-state index is 0.0507. The van der Waals surface area contributed by atoms with Crippen LogP contribution in [0.3, 0.4) is 0 Å². The van der Waals surface area contributed by atoms with E-state index in [4.69, 9.17) is 11.6 Å². The lowest BCUT2D eigenvalue weighted by Crippen LogP contribution is -2.14. The normalized spacial score (nSPS) is 11.8. The molecule has 1 saturated carbocycles. The number of pyridine rings is 1. The van der Waals surface area contributed by atoms with Gasteiger partial charge < -0.3 is 10.2 Å². The SMILES string of the molecule is C=C(c1ccc(C(=O)Nc2cc([N+](=O)[O-])ccc2C(C)=C2CC2)cc1)N(C)C.CC(C)c1ccc(Cl)cn1. The summed E-state index contributed by atoms with van der Waals surface area (Å²) in [5.41, 5.74) is 6.95. The molecule has 8 heteroatoms. The lowest BCUT2D eigenvalue weighted by atomic mass is 10.0. The fourth-order valence-corrected chi connectivity index (χ4v) is 3.81. The molecule has 1 fully saturated rings. The van der Waals surface area contributed by atoms with Gasteiger partial charge in [0.15, 0.2) is 0 Å². The zero-order valence-electron chi connectivity index (χ0n) is 22.4. The summed E-state index contributed by atoms with van der Waals surface area (Å²) in [6.45, 7) is 10.2. The van der Waals surface area contributed by atoms with Crippen molar-refractivity contribution in [3.8, 4) is 0 Å². The number of nitro groups is 1. The van der Waals surface area contributed by atoms with Crippen molar-refractivity contribution in [2.45, 2.75) is 39.5 Å². The molecule has 4 rings (SSSR count). The Kier molecular flexibility index (Phi) is 9.42. The van der Waals surface area contributed by atoms with E-state index in [-0.39, 0.29) is 11.6 Å². The summed E-state index contributed by atoms with van der Waals surface area (Å²) < 4.78 is 0. The third kappa shape index (κ3) is 7.52. The van der Waals surface area contributed by atoms with E-state index < -0.39 is 4.92 Å². The highest BCUT2D eigenvalue weighted by Gasteiger charge is 2.20. The van der Waals surface area contributed by atoms with Gasteiger partial charge in [-0.2, -0.15) is 0 Å². The zero-order valence-corrected chi connectivity index (χ0v) is 23.2. The average molecular weight is 533 g/mol. The first kappa shape index (κ1) is 28.6. The van der Waals surface area contributed by atoms with E-state index in [1.807, 2.05) is 50.2 Å². The molecule has 198 valence electrons. The summed E-state index contributed by atoms with van der Waals surface area (Å²) in [4.78, 5) is 29.5. The second kappa shape index (κ2) is 12.5. The van der Waals surface area contributed by atoms with Crippen molar-refractivity contribution in [1.29, 1.82) is 0 Å². The minimum atomic E-state index is -0.458. The van der Waals surface area contributed by atoms with Gasteiger partial charge in [-0.1, -0.05) is 49.7 Å². The molecule has 1 aliphatic rings. The number of halogens is 1. The van der Waals surface area contributed by atoms with Gasteiger partial charge in [0, 0.05) is 54.9 Å². The van der Waals surface area contributed by atoms with Crippen LogP contribution in [0, 0.1) is 10.1 Å². The minimum Gasteiger partial charge on any atom is -0.378 e. The number of hydrogen-bond donors (Lipinski definition) is 1. The highest BCUT2D eigenvalue weighted by Crippen LogP contribution is 2.39. The summed E-state index contributed by atoms with van der Waals surface area (Å²) in [6.07, 6.45) is 3.75. The molecule has 0 spiro atoms. The first-order chi connectivity index (χ1) is 18.0. The Bertz CT molecular complexity index is 1360. The van der Waals surface area contributed by atoms with Gasteiger partial charge >= 0.3 is 0 Å². The number of benzene rings is 2. The van der Waals surface area contributed by atoms with Crippen LogP contribution in [0.4, 0.5) is 11.4 Å². The Morgan fingerprint density at radius 3 is 2.21 bits per heavy atom. The Balaban J connectivity index is 0.000000336. The molecule has 1 heterocycles. The fourth-order valence-electron chi connectivity index (χ4n) is 3.70. The maximum Gasteiger partial charge on any atom is 0.271 e. The van der Waals surface area contributed by atoms with E-state index in [1.54, 1.807) is 24.4 Å². The summed E-state index contributed by atoms with van der Waals surface area (Å²) in [5.74, 6) is 0.176. The van der Waals surface area contributed by atoms with Gasteiger partial charge in [0.2, 0.25) is 0 Å². The van der Waals surface area contributed by atoms with Crippen molar-refractivity contribution in [3.05, 3.63) is 110 Å². The molecule has 0 aliphatic heterocycles. The number of carbonyl (C=O) groups excluding carboxylic acids is 1. The molecule has 3 aromatic rings. The lowest BCUT2D eigenvalue weighted by molar-refractivity contribution is -0.384. The molecule has 2 aromatic carbocycles. The van der Waals surface area contributed by atoms with Gasteiger partial charge in [-0.05, 0) is 67.2 Å². The molecule has 7 nitrogen and oxygen atoms in total. The number of non-ortho nitro benzene ring substituents is 1. The maximum atomic E-state index is 12.7. The van der Waals surface area contributed by atoms with Gasteiger partial charge in [-0.3, -0.25) is 19.9 Å². The van der Waals surface area contributed by atoms with Crippen molar-refractivity contribution >= 4 is 40.2 Å². The second-order valence-corrected chi connectivity index (χ2v) is 10.1. The number of hydrogen-bond acceptors (Lipinski definition) is 5. The summed E-state index contributed by atoms with van der Waals surface area (Å²) >= 11 is 5.65. The number of allylic oxidation sites excluding steroid dienone is 2. The van der Waals surface area contributed by atoms with Crippen LogP contribution in [0.25, 0.3) is 11.3 Å². The number of anilines is 1. The molecular formula is C30H33ClN4O3. The van der Waals surface area contributed by atoms with Crippen LogP contribution in [-0.2, 0) is 0 Å². The Morgan fingerprint density at radius 2 is 1.71 bits per heavy atom. The Hall–Kier alpha value is -3.97. The van der Waals surface area contributed by atoms with E-state index in [0.717, 1.165) is 40.9 Å². The summed E-state index contributed by atoms with van der Waals surface area (Å²) in [7, 11) is 3.81. The quantitative estimate of drug-likeness (QED) is 0.247. The fraction of sp³-hybridized carbons (Fsp3) is 0.267. The summed E-state index contributed by atoms with van der Waals surface area (Å²) in [6, 6.07) is 15.5. The van der Waals surface area contributed by atoms with Crippen LogP contribution < -0.4 is 5.32 Å². The van der Waals surface area contributed by atoms with Gasteiger partial charge in [-0.25, -0.2) is 0 Å². The smallest absolute Gasteiger partial charge is 0.271 e. The van der Waals surface area contributed by atoms with Crippen molar-refractivity contribution in [3.63, 3.8) is 0 Å². The van der Waals surface area contributed by atoms with Crippen LogP contribution in [0.5, 0.6) is 0 Å². The van der Waals surface area contributed by atoms with Crippen molar-refractivity contribution in [2.24, 2.45) is 0 Å². The van der Waals surface area contributed by atoms with Crippen molar-refractivity contribution in [2.75, 3.05) is 19.4 Å². The largest absolute Gasteiger partial charge is 0.378 e. The van der Waals surface area contributed by atoms with Gasteiger partial charge in [-0.15, -0.1) is 0 Å². The summed E-state index contributed by atoms with van der Waals surface area (Å²) in [5, 5.41) is 14.7. The molecule has 1 aromatic heterocycles. The topological polar surface area (TPSA) is 88.4 Å². The third-order valence-corrected chi connectivity index (χ3v) is 6.48. The average Bonchev–Trinajstić information content (AvgIpc) is 3.74. The van der Waals surface area contributed by atoms with E-state index in [2.05, 4.69) is 30.7 Å². The highest BCUT2D eigenvalue weighted by molar-refractivity contribution is 6.30. The molecule has 0 unspecified atom stereocenters. The van der Waals surface area contributed by atoms with Crippen LogP contribution in [0.1, 0.15) is 66.7 Å². The van der Waals surface area contributed by atoms with Crippen molar-refractivity contribution < 1.29 is 9.72 Å². The molecule has 38 heavy (non-hydrogen) atoms. The van der Waals surface area contributed by atoms with Gasteiger partial charge in [0.25, 0.3) is 11.6 Å². The van der Waals surface area contributed by atoms with Crippen LogP contribution >= 0.6 is 11.6 Å². The first-order valence-corrected chi connectivity index (χ1v) is 12.7. The van der Waals surface area contributed by atoms with Gasteiger partial charge in [0.05, 0.1) is 15.6 Å². The first-order valence-electron chi connectivity index (χ1n) is 12.3. The maximum absolute atomic E-state index is 12.7. The van der Waals surface area contributed by atoms with Crippen LogP contribution in [0.15, 0.2) is 72.9 Å². The van der Waals surface area contributed by atoms with Gasteiger partial charge in [0.1, 0.15) is 0 Å². The van der Waals surface area contributed by atoms with Crippen LogP contribution in [-0.4, -0.2) is 34.8 Å². The van der Waals surface area contributed by atoms with E-state index >= 15 is 0 Å². The van der Waals surface area contributed by atoms with E-state index in [0.29, 0.717) is 22.2 Å². The van der Waals surface area contributed by atoms with Crippen LogP contribution in [0.2, 0.25) is 5.02 Å². The molecular weight excluding hydrogens is 500 g/mol. The van der Waals surface area contributed by atoms with E-state index in [9.17, 15) is 14.9 Å². The molecule has 0 bridgehead atoms. The Morgan fingerprint density at radius 1 is 1.08 bits per heavy atom. The number of rotatable bonds is 7. The number of amides is 1. The third-order valence-electron chi connectivity index (χ3n) is 6.26. The standard InChI is InChI=1S/C22H23N3O3.C8H10ClN/c1-14(16-5-6-16)20-12-11-19(25(27)28)13-21(20)23-22(26)18-9-7-17(8-10-18)15(2)24(3)4;1-6(2)8-4-3-7(9)5-10-8/h7-13H,2,5-6H2,1,3-4H3,(H,23,26);3-6H,1-2H3. The number of nitrogens with one attached hydrogen (secondary N) is 1. The van der Waals surface area contributed by atoms with E-state index in [1.165, 1.54) is 17.7 Å². The number of nitrogens with zero attached hydrogens (tertiary/aromatic N) is 3. The molecule has 0 radical (unpaired) electrons. The second-order valence-electron chi connectivity index (χ2n) is 9.64. The molecule has 0 atom stereocenters. The zero-order chi connectivity index (χ0) is 28.0. The molecule has 1 N–H and O–H groups in total. The number of nitro benzene ring substituents is 1. The molecule has 0 saturated heterocycles. The Labute approximate surface area is 229 Å². The number of carbonyl (C=O) groups is 1.